The van der Waals surface area contributed by atoms with Crippen molar-refractivity contribution in [2.45, 2.75) is 6.42 Å². The number of amides is 2. The summed E-state index contributed by atoms with van der Waals surface area (Å²) in [5, 5.41) is 12.0. The Morgan fingerprint density at radius 3 is 2.52 bits per heavy atom. The Morgan fingerprint density at radius 2 is 1.85 bits per heavy atom. The zero-order chi connectivity index (χ0) is 19.4. The number of thiocarbonyl (C=S) groups is 1. The van der Waals surface area contributed by atoms with Gasteiger partial charge in [-0.2, -0.15) is 0 Å². The molecular weight excluding hydrogens is 448 g/mol. The summed E-state index contributed by atoms with van der Waals surface area (Å²) in [6.07, 6.45) is 1.92. The minimum Gasteiger partial charge on any atom is -0.508 e. The maximum absolute atomic E-state index is 12.6. The Hall–Kier alpha value is -2.16. The molecule has 0 spiro atoms. The summed E-state index contributed by atoms with van der Waals surface area (Å²) in [5.41, 5.74) is 1.49. The lowest BCUT2D eigenvalue weighted by molar-refractivity contribution is -0.122. The molecule has 0 saturated carbocycles. The van der Waals surface area contributed by atoms with Crippen molar-refractivity contribution in [3.63, 3.8) is 0 Å². The van der Waals surface area contributed by atoms with Crippen LogP contribution >= 0.6 is 39.9 Å². The van der Waals surface area contributed by atoms with E-state index >= 15 is 0 Å². The fourth-order valence-corrected chi connectivity index (χ4v) is 3.96. The number of phenols is 1. The SMILES string of the molecule is O=C(CCN1C(=O)/C(=C/c2ccc(Br)cc2)SC1=S)Nc1ccc(O)cc1. The maximum Gasteiger partial charge on any atom is 0.266 e. The van der Waals surface area contributed by atoms with Crippen LogP contribution in [0.3, 0.4) is 0 Å². The first kappa shape index (κ1) is 19.6. The van der Waals surface area contributed by atoms with Gasteiger partial charge in [0, 0.05) is 23.1 Å². The lowest BCUT2D eigenvalue weighted by Gasteiger charge is -2.14. The lowest BCUT2D eigenvalue weighted by Crippen LogP contribution is -2.31. The molecule has 1 aliphatic rings. The Bertz CT molecular complexity index is 912. The maximum atomic E-state index is 12.6. The van der Waals surface area contributed by atoms with Gasteiger partial charge in [0.15, 0.2) is 0 Å². The molecule has 1 saturated heterocycles. The van der Waals surface area contributed by atoms with Crippen molar-refractivity contribution in [3.8, 4) is 5.75 Å². The summed E-state index contributed by atoms with van der Waals surface area (Å²) in [7, 11) is 0. The molecular formula is C19H15BrN2O3S2. The van der Waals surface area contributed by atoms with Gasteiger partial charge in [-0.1, -0.05) is 52.0 Å². The normalized spacial score (nSPS) is 15.4. The average Bonchev–Trinajstić information content (AvgIpc) is 2.90. The number of nitrogens with zero attached hydrogens (tertiary/aromatic N) is 1. The number of hydrogen-bond acceptors (Lipinski definition) is 5. The molecule has 138 valence electrons. The van der Waals surface area contributed by atoms with Gasteiger partial charge in [-0.25, -0.2) is 0 Å². The zero-order valence-corrected chi connectivity index (χ0v) is 17.2. The highest BCUT2D eigenvalue weighted by Crippen LogP contribution is 2.32. The minimum absolute atomic E-state index is 0.124. The van der Waals surface area contributed by atoms with Crippen LogP contribution in [0.1, 0.15) is 12.0 Å². The number of hydrogen-bond donors (Lipinski definition) is 2. The van der Waals surface area contributed by atoms with Crippen LogP contribution in [-0.2, 0) is 9.59 Å². The number of nitrogens with one attached hydrogen (secondary N) is 1. The Labute approximate surface area is 174 Å². The number of anilines is 1. The molecule has 8 heteroatoms. The zero-order valence-electron chi connectivity index (χ0n) is 14.0. The molecule has 0 aromatic heterocycles. The highest BCUT2D eigenvalue weighted by molar-refractivity contribution is 9.10. The summed E-state index contributed by atoms with van der Waals surface area (Å²) in [6, 6.07) is 13.8. The van der Waals surface area contributed by atoms with Gasteiger partial charge in [0.1, 0.15) is 10.1 Å². The molecule has 1 heterocycles. The van der Waals surface area contributed by atoms with Crippen molar-refractivity contribution in [2.24, 2.45) is 0 Å². The third-order valence-electron chi connectivity index (χ3n) is 3.75. The van der Waals surface area contributed by atoms with Crippen molar-refractivity contribution in [1.82, 2.24) is 4.90 Å². The van der Waals surface area contributed by atoms with Gasteiger partial charge >= 0.3 is 0 Å². The van der Waals surface area contributed by atoms with Gasteiger partial charge in [0.25, 0.3) is 5.91 Å². The number of phenolic OH excluding ortho intramolecular Hbond substituents is 1. The molecule has 0 atom stereocenters. The number of carbonyl (C=O) groups excluding carboxylic acids is 2. The Morgan fingerprint density at radius 1 is 1.19 bits per heavy atom. The monoisotopic (exact) mass is 462 g/mol. The standard InChI is InChI=1S/C19H15BrN2O3S2/c20-13-3-1-12(2-4-13)11-16-18(25)22(19(26)27-16)10-9-17(24)21-14-5-7-15(23)8-6-14/h1-8,11,23H,9-10H2,(H,21,24)/b16-11-. The molecule has 5 nitrogen and oxygen atoms in total. The molecule has 27 heavy (non-hydrogen) atoms. The van der Waals surface area contributed by atoms with Crippen LogP contribution in [-0.4, -0.2) is 32.7 Å². The van der Waals surface area contributed by atoms with E-state index in [1.807, 2.05) is 24.3 Å². The first-order valence-corrected chi connectivity index (χ1v) is 10.0. The molecule has 1 fully saturated rings. The van der Waals surface area contributed by atoms with Gasteiger partial charge < -0.3 is 10.4 Å². The summed E-state index contributed by atoms with van der Waals surface area (Å²) < 4.78 is 1.41. The molecule has 2 N–H and O–H groups in total. The fraction of sp³-hybridized carbons (Fsp3) is 0.105. The van der Waals surface area contributed by atoms with E-state index in [1.54, 1.807) is 18.2 Å². The topological polar surface area (TPSA) is 69.6 Å². The number of halogens is 1. The number of carbonyl (C=O) groups is 2. The molecule has 2 aromatic rings. The molecule has 0 bridgehead atoms. The van der Waals surface area contributed by atoms with Crippen LogP contribution in [0.5, 0.6) is 5.75 Å². The van der Waals surface area contributed by atoms with E-state index in [0.717, 1.165) is 10.0 Å². The van der Waals surface area contributed by atoms with Crippen LogP contribution in [0.4, 0.5) is 5.69 Å². The van der Waals surface area contributed by atoms with Gasteiger partial charge in [-0.05, 0) is 48.0 Å². The lowest BCUT2D eigenvalue weighted by atomic mass is 10.2. The van der Waals surface area contributed by atoms with Crippen molar-refractivity contribution in [1.29, 1.82) is 0 Å². The quantitative estimate of drug-likeness (QED) is 0.391. The van der Waals surface area contributed by atoms with E-state index in [9.17, 15) is 14.7 Å². The highest BCUT2D eigenvalue weighted by atomic mass is 79.9. The summed E-state index contributed by atoms with van der Waals surface area (Å²) in [4.78, 5) is 26.7. The van der Waals surface area contributed by atoms with E-state index < -0.39 is 0 Å². The second-order valence-corrected chi connectivity index (χ2v) is 8.32. The van der Waals surface area contributed by atoms with Crippen molar-refractivity contribution in [3.05, 3.63) is 63.5 Å². The van der Waals surface area contributed by atoms with Crippen LogP contribution in [0.2, 0.25) is 0 Å². The van der Waals surface area contributed by atoms with Crippen molar-refractivity contribution >= 4 is 67.8 Å². The van der Waals surface area contributed by atoms with Crippen molar-refractivity contribution < 1.29 is 14.7 Å². The number of aromatic hydroxyl groups is 1. The molecule has 0 unspecified atom stereocenters. The predicted octanol–water partition coefficient (Wildman–Crippen LogP) is 4.38. The Kier molecular flexibility index (Phi) is 6.30. The summed E-state index contributed by atoms with van der Waals surface area (Å²) in [5.74, 6) is -0.292. The van der Waals surface area contributed by atoms with Crippen LogP contribution in [0.25, 0.3) is 6.08 Å². The third-order valence-corrected chi connectivity index (χ3v) is 5.66. The van der Waals surface area contributed by atoms with Crippen LogP contribution < -0.4 is 5.32 Å². The summed E-state index contributed by atoms with van der Waals surface area (Å²) >= 11 is 9.90. The van der Waals surface area contributed by atoms with Gasteiger partial charge in [0.05, 0.1) is 4.91 Å². The molecule has 2 aromatic carbocycles. The van der Waals surface area contributed by atoms with E-state index in [1.165, 1.54) is 28.8 Å². The largest absolute Gasteiger partial charge is 0.508 e. The van der Waals surface area contributed by atoms with Gasteiger partial charge in [-0.15, -0.1) is 0 Å². The average molecular weight is 463 g/mol. The first-order chi connectivity index (χ1) is 12.9. The van der Waals surface area contributed by atoms with Gasteiger partial charge in [-0.3, -0.25) is 14.5 Å². The molecule has 2 amide bonds. The second-order valence-electron chi connectivity index (χ2n) is 5.73. The second kappa shape index (κ2) is 8.69. The van der Waals surface area contributed by atoms with E-state index in [4.69, 9.17) is 12.2 Å². The fourth-order valence-electron chi connectivity index (χ4n) is 2.38. The number of rotatable bonds is 5. The minimum atomic E-state index is -0.230. The van der Waals surface area contributed by atoms with E-state index in [-0.39, 0.29) is 30.5 Å². The molecule has 1 aliphatic heterocycles. The van der Waals surface area contributed by atoms with Gasteiger partial charge in [0.2, 0.25) is 5.91 Å². The Balaban J connectivity index is 1.59. The number of thioether (sulfide) groups is 1. The van der Waals surface area contributed by atoms with Crippen molar-refractivity contribution in [2.75, 3.05) is 11.9 Å². The van der Waals surface area contributed by atoms with E-state index in [2.05, 4.69) is 21.2 Å². The first-order valence-electron chi connectivity index (χ1n) is 8.02. The smallest absolute Gasteiger partial charge is 0.266 e. The molecule has 0 radical (unpaired) electrons. The highest BCUT2D eigenvalue weighted by Gasteiger charge is 2.32. The summed E-state index contributed by atoms with van der Waals surface area (Å²) in [6.45, 7) is 0.215. The molecule has 0 aliphatic carbocycles. The predicted molar refractivity (Wildman–Crippen MR) is 115 cm³/mol. The van der Waals surface area contributed by atoms with Crippen LogP contribution in [0, 0.1) is 0 Å². The van der Waals surface area contributed by atoms with E-state index in [0.29, 0.717) is 14.9 Å². The third kappa shape index (κ3) is 5.18. The van der Waals surface area contributed by atoms with Crippen LogP contribution in [0.15, 0.2) is 57.9 Å². The number of benzene rings is 2. The molecule has 3 rings (SSSR count).